The predicted octanol–water partition coefficient (Wildman–Crippen LogP) is 4.23. The molecular weight excluding hydrogens is 873 g/mol. The van der Waals surface area contributed by atoms with Gasteiger partial charge in [-0.25, -0.2) is 15.0 Å². The minimum atomic E-state index is -1.61. The van der Waals surface area contributed by atoms with E-state index in [9.17, 15) is 24.6 Å². The van der Waals surface area contributed by atoms with Crippen LogP contribution in [0.2, 0.25) is 0 Å². The fourth-order valence-electron chi connectivity index (χ4n) is 10.6. The van der Waals surface area contributed by atoms with E-state index < -0.39 is 102 Å². The smallest absolute Gasteiger partial charge is 0.458 e. The summed E-state index contributed by atoms with van der Waals surface area (Å²) in [5.74, 6) is -2.71. The summed E-state index contributed by atoms with van der Waals surface area (Å²) in [4.78, 5) is 53.1. The van der Waals surface area contributed by atoms with Crippen molar-refractivity contribution >= 4 is 23.9 Å². The first-order valence-electron chi connectivity index (χ1n) is 23.6. The summed E-state index contributed by atoms with van der Waals surface area (Å²) in [6.07, 6.45) is -4.74. The number of amides is 1. The van der Waals surface area contributed by atoms with E-state index in [2.05, 4.69) is 20.5 Å². The largest absolute Gasteiger partial charge is 0.509 e. The highest BCUT2D eigenvalue weighted by Gasteiger charge is 2.58. The molecule has 380 valence electrons. The number of hydrogen-bond donors (Lipinski definition) is 3. The third-order valence-electron chi connectivity index (χ3n) is 14.3. The molecule has 1 amide bonds. The van der Waals surface area contributed by atoms with Crippen LogP contribution in [0, 0.1) is 17.8 Å². The molecule has 18 atom stereocenters. The van der Waals surface area contributed by atoms with Crippen molar-refractivity contribution in [1.29, 1.82) is 0 Å². The van der Waals surface area contributed by atoms with Crippen molar-refractivity contribution in [1.82, 2.24) is 25.2 Å². The van der Waals surface area contributed by atoms with Gasteiger partial charge in [-0.3, -0.25) is 19.7 Å². The number of carbonyl (C=O) groups excluding carboxylic acids is 3. The summed E-state index contributed by atoms with van der Waals surface area (Å²) in [5, 5.41) is 28.7. The molecule has 1 unspecified atom stereocenters. The molecule has 0 aliphatic carbocycles. The zero-order valence-electron chi connectivity index (χ0n) is 42.2. The predicted molar refractivity (Wildman–Crippen MR) is 244 cm³/mol. The summed E-state index contributed by atoms with van der Waals surface area (Å²) in [6.45, 7) is 20.3. The number of rotatable bonds is 11. The molecule has 0 bridgehead atoms. The van der Waals surface area contributed by atoms with Gasteiger partial charge < -0.3 is 57.7 Å². The van der Waals surface area contributed by atoms with Gasteiger partial charge in [-0.1, -0.05) is 20.8 Å². The van der Waals surface area contributed by atoms with Gasteiger partial charge in [0.1, 0.15) is 17.8 Å². The second-order valence-corrected chi connectivity index (χ2v) is 20.3. The lowest BCUT2D eigenvalue weighted by molar-refractivity contribution is -0.317. The maximum Gasteiger partial charge on any atom is 0.509 e. The molecule has 0 saturated carbocycles. The molecule has 1 aromatic heterocycles. The molecular formula is C47H78N6O14. The fourth-order valence-corrected chi connectivity index (χ4v) is 10.6. The molecule has 67 heavy (non-hydrogen) atoms. The van der Waals surface area contributed by atoms with Gasteiger partial charge in [0, 0.05) is 68.8 Å². The average Bonchev–Trinajstić information content (AvgIpc) is 3.57. The molecule has 4 fully saturated rings. The molecule has 4 aliphatic rings. The Morgan fingerprint density at radius 2 is 1.73 bits per heavy atom. The van der Waals surface area contributed by atoms with E-state index in [1.165, 1.54) is 7.11 Å². The fraction of sp³-hybridized carbons (Fsp3) is 0.830. The Labute approximate surface area is 396 Å². The highest BCUT2D eigenvalue weighted by atomic mass is 16.8. The maximum absolute atomic E-state index is 14.7. The standard InChI is InChI=1S/C47H78N6O14/c1-16-34-47(11)39(66-44(57)67-47)30(7)53(14)24-25(2)21-45(9,58)38(64-42-36(54)33(52(12)13)20-27(4)60-42)28(5)37(29(6)41(55)62-34)63-35-22-46(10,59-15)40(31(8)61-35)65-43(56)51-50-26(3)19-32-23-48-17-18-49-32/h17-18,23,25,27-31,33-40,42,54,58H,16,19-22,24H2,1-15H3,(H,51,56)/b50-26+/t25-,27-,28+,29-,30-,31+,33+,34-,35+,36-,37+,38-,39-,40?,42+,45-,46-,47-/m1/s1. The molecule has 3 N–H and O–H groups in total. The maximum atomic E-state index is 14.7. The number of likely N-dealkylation sites (N-methyl/N-ethyl adjacent to an activating group) is 2. The first-order valence-corrected chi connectivity index (χ1v) is 23.6. The zero-order valence-corrected chi connectivity index (χ0v) is 42.2. The van der Waals surface area contributed by atoms with Crippen LogP contribution in [0.4, 0.5) is 9.59 Å². The Hall–Kier alpha value is -3.60. The number of carbonyl (C=O) groups is 3. The third-order valence-corrected chi connectivity index (χ3v) is 14.3. The van der Waals surface area contributed by atoms with E-state index in [1.807, 2.05) is 65.6 Å². The normalized spacial score (nSPS) is 41.8. The van der Waals surface area contributed by atoms with Gasteiger partial charge in [-0.15, -0.1) is 0 Å². The van der Waals surface area contributed by atoms with Gasteiger partial charge >= 0.3 is 18.2 Å². The quantitative estimate of drug-likeness (QED) is 0.122. The third kappa shape index (κ3) is 12.8. The number of aliphatic hydroxyl groups excluding tert-OH is 1. The second-order valence-electron chi connectivity index (χ2n) is 20.3. The van der Waals surface area contributed by atoms with Gasteiger partial charge in [0.25, 0.3) is 0 Å². The van der Waals surface area contributed by atoms with Crippen LogP contribution in [0.25, 0.3) is 0 Å². The molecule has 20 nitrogen and oxygen atoms in total. The van der Waals surface area contributed by atoms with Crippen molar-refractivity contribution in [2.45, 2.75) is 199 Å². The van der Waals surface area contributed by atoms with E-state index in [4.69, 9.17) is 42.6 Å². The monoisotopic (exact) mass is 951 g/mol. The number of aromatic nitrogens is 2. The van der Waals surface area contributed by atoms with Crippen LogP contribution in [0.1, 0.15) is 108 Å². The Morgan fingerprint density at radius 3 is 2.36 bits per heavy atom. The van der Waals surface area contributed by atoms with E-state index >= 15 is 0 Å². The lowest BCUT2D eigenvalue weighted by Crippen LogP contribution is -2.61. The van der Waals surface area contributed by atoms with Crippen molar-refractivity contribution in [3.8, 4) is 0 Å². The molecule has 4 aliphatic heterocycles. The first-order chi connectivity index (χ1) is 31.3. The minimum Gasteiger partial charge on any atom is -0.458 e. The Kier molecular flexibility index (Phi) is 18.2. The number of methoxy groups -OCH3 is 1. The van der Waals surface area contributed by atoms with Crippen molar-refractivity contribution < 1.29 is 67.2 Å². The first kappa shape index (κ1) is 54.3. The summed E-state index contributed by atoms with van der Waals surface area (Å²) >= 11 is 0. The number of hydrogen-bond acceptors (Lipinski definition) is 19. The number of fused-ring (bicyclic) bond motifs is 1. The van der Waals surface area contributed by atoms with E-state index in [0.717, 1.165) is 0 Å². The highest BCUT2D eigenvalue weighted by Crippen LogP contribution is 2.42. The molecule has 5 heterocycles. The van der Waals surface area contributed by atoms with E-state index in [-0.39, 0.29) is 43.4 Å². The molecule has 4 saturated heterocycles. The molecule has 0 radical (unpaired) electrons. The Bertz CT molecular complexity index is 1850. The van der Waals surface area contributed by atoms with Crippen LogP contribution in [-0.4, -0.2) is 179 Å². The SMILES string of the molecule is CC[C@H]1OC(=O)[C@H](C)[C@@H](O[C@H]2C[C@@](C)(OC)C(OC(=O)N/N=C(\C)Cc3cnccn3)[C@H](C)O2)[C@H](C)[C@@H](O[C@@H]2O[C@H](C)C[C@H](N(C)C)[C@H]2O)[C@](C)(O)C[C@@H](C)CN(C)[C@H](C)[C@H]2OC(=O)O[C@@]21C. The average molecular weight is 951 g/mol. The number of nitrogens with zero attached hydrogens (tertiary/aromatic N) is 5. The Balaban J connectivity index is 1.50. The lowest BCUT2D eigenvalue weighted by atomic mass is 9.77. The summed E-state index contributed by atoms with van der Waals surface area (Å²) in [6, 6.07) is -0.696. The number of hydrazone groups is 1. The number of esters is 1. The highest BCUT2D eigenvalue weighted by molar-refractivity contribution is 5.84. The number of nitrogens with one attached hydrogen (secondary N) is 1. The number of aliphatic hydroxyl groups is 2. The van der Waals surface area contributed by atoms with E-state index in [1.54, 1.807) is 60.1 Å². The van der Waals surface area contributed by atoms with Crippen LogP contribution in [-0.2, 0) is 53.8 Å². The summed E-state index contributed by atoms with van der Waals surface area (Å²) in [5.41, 5.74) is -0.445. The second kappa shape index (κ2) is 22.4. The van der Waals surface area contributed by atoms with E-state index in [0.29, 0.717) is 30.8 Å². The van der Waals surface area contributed by atoms with Crippen molar-refractivity contribution in [3.63, 3.8) is 0 Å². The Morgan fingerprint density at radius 1 is 1.03 bits per heavy atom. The van der Waals surface area contributed by atoms with Gasteiger partial charge in [0.2, 0.25) is 0 Å². The van der Waals surface area contributed by atoms with Crippen LogP contribution >= 0.6 is 0 Å². The topological polar surface area (TPSA) is 231 Å². The van der Waals surface area contributed by atoms with Gasteiger partial charge in [-0.05, 0) is 102 Å². The van der Waals surface area contributed by atoms with Gasteiger partial charge in [-0.2, -0.15) is 5.10 Å². The summed E-state index contributed by atoms with van der Waals surface area (Å²) in [7, 11) is 7.16. The van der Waals surface area contributed by atoms with Gasteiger partial charge in [0.05, 0.1) is 41.6 Å². The lowest BCUT2D eigenvalue weighted by Gasteiger charge is -2.49. The van der Waals surface area contributed by atoms with Crippen molar-refractivity contribution in [2.24, 2.45) is 22.9 Å². The van der Waals surface area contributed by atoms with Crippen LogP contribution in [0.5, 0.6) is 0 Å². The molecule has 1 aromatic rings. The zero-order chi connectivity index (χ0) is 49.8. The molecule has 0 spiro atoms. The molecule has 20 heteroatoms. The van der Waals surface area contributed by atoms with Crippen LogP contribution in [0.3, 0.4) is 0 Å². The van der Waals surface area contributed by atoms with Crippen molar-refractivity contribution in [3.05, 3.63) is 24.3 Å². The number of cyclic esters (lactones) is 1. The van der Waals surface area contributed by atoms with Crippen LogP contribution < -0.4 is 5.43 Å². The number of ether oxygens (including phenoxy) is 9. The molecule has 5 rings (SSSR count). The minimum absolute atomic E-state index is 0.0338. The van der Waals surface area contributed by atoms with Gasteiger partial charge in [0.15, 0.2) is 30.4 Å². The summed E-state index contributed by atoms with van der Waals surface area (Å²) < 4.78 is 56.5. The van der Waals surface area contributed by atoms with Crippen LogP contribution in [0.15, 0.2) is 23.7 Å². The molecule has 0 aromatic carbocycles. The van der Waals surface area contributed by atoms with Crippen molar-refractivity contribution in [2.75, 3.05) is 34.8 Å².